The van der Waals surface area contributed by atoms with Gasteiger partial charge in [0.05, 0.1) is 26.4 Å². The fourth-order valence-electron chi connectivity index (χ4n) is 1.77. The van der Waals surface area contributed by atoms with E-state index in [1.54, 1.807) is 0 Å². The quantitative estimate of drug-likeness (QED) is 0.173. The molecule has 0 aliphatic heterocycles. The summed E-state index contributed by atoms with van der Waals surface area (Å²) in [5, 5.41) is 0. The highest BCUT2D eigenvalue weighted by Crippen LogP contribution is 2.02. The Morgan fingerprint density at radius 3 is 1.22 bits per heavy atom. The van der Waals surface area contributed by atoms with Crippen LogP contribution in [0.1, 0.15) is 44.9 Å². The Labute approximate surface area is 159 Å². The molecule has 0 bridgehead atoms. The second-order valence-corrected chi connectivity index (χ2v) is 5.45. The molecule has 0 atom stereocenters. The largest absolute Gasteiger partial charge is 0.466 e. The first-order valence-electron chi connectivity index (χ1n) is 8.89. The molecule has 0 N–H and O–H groups in total. The first-order valence-corrected chi connectivity index (χ1v) is 8.89. The summed E-state index contributed by atoms with van der Waals surface area (Å²) in [5.41, 5.74) is 0. The van der Waals surface area contributed by atoms with Gasteiger partial charge in [0.15, 0.2) is 0 Å². The number of hydrogen-bond donors (Lipinski definition) is 0. The van der Waals surface area contributed by atoms with Crippen molar-refractivity contribution in [2.75, 3.05) is 26.4 Å². The Bertz CT molecular complexity index is 454. The first kappa shape index (κ1) is 24.4. The predicted molar refractivity (Wildman–Crippen MR) is 96.5 cm³/mol. The van der Waals surface area contributed by atoms with Crippen molar-refractivity contribution in [3.05, 3.63) is 25.3 Å². The van der Waals surface area contributed by atoms with E-state index in [4.69, 9.17) is 18.9 Å². The van der Waals surface area contributed by atoms with Gasteiger partial charge in [0.1, 0.15) is 0 Å². The Morgan fingerprint density at radius 2 is 0.889 bits per heavy atom. The molecule has 0 aromatic heterocycles. The van der Waals surface area contributed by atoms with Crippen molar-refractivity contribution in [1.82, 2.24) is 0 Å². The lowest BCUT2D eigenvalue weighted by Gasteiger charge is -2.06. The third-order valence-corrected chi connectivity index (χ3v) is 3.19. The molecule has 0 saturated heterocycles. The van der Waals surface area contributed by atoms with Crippen LogP contribution in [0.2, 0.25) is 0 Å². The second kappa shape index (κ2) is 16.8. The molecule has 8 nitrogen and oxygen atoms in total. The third-order valence-electron chi connectivity index (χ3n) is 3.19. The smallest absolute Gasteiger partial charge is 0.330 e. The number of rotatable bonds is 16. The van der Waals surface area contributed by atoms with E-state index in [2.05, 4.69) is 13.2 Å². The van der Waals surface area contributed by atoms with Crippen molar-refractivity contribution in [1.29, 1.82) is 0 Å². The van der Waals surface area contributed by atoms with Gasteiger partial charge >= 0.3 is 23.9 Å². The highest BCUT2D eigenvalue weighted by atomic mass is 16.5. The molecule has 0 aliphatic carbocycles. The molecule has 0 aromatic carbocycles. The molecule has 0 rings (SSSR count). The lowest BCUT2D eigenvalue weighted by atomic mass is 10.2. The van der Waals surface area contributed by atoms with Crippen molar-refractivity contribution < 1.29 is 38.1 Å². The van der Waals surface area contributed by atoms with Gasteiger partial charge in [-0.3, -0.25) is 9.59 Å². The number of esters is 4. The van der Waals surface area contributed by atoms with Gasteiger partial charge in [0.25, 0.3) is 0 Å². The van der Waals surface area contributed by atoms with Crippen LogP contribution in [0.4, 0.5) is 0 Å². The van der Waals surface area contributed by atoms with Crippen LogP contribution < -0.4 is 0 Å². The van der Waals surface area contributed by atoms with Crippen LogP contribution in [-0.4, -0.2) is 50.3 Å². The average Bonchev–Trinajstić information content (AvgIpc) is 2.66. The minimum atomic E-state index is -0.477. The van der Waals surface area contributed by atoms with Gasteiger partial charge in [-0.25, -0.2) is 9.59 Å². The maximum Gasteiger partial charge on any atom is 0.330 e. The van der Waals surface area contributed by atoms with E-state index in [1.165, 1.54) is 0 Å². The van der Waals surface area contributed by atoms with Gasteiger partial charge in [0, 0.05) is 25.0 Å². The zero-order valence-electron chi connectivity index (χ0n) is 15.6. The van der Waals surface area contributed by atoms with E-state index in [9.17, 15) is 19.2 Å². The Balaban J connectivity index is 3.45. The fourth-order valence-corrected chi connectivity index (χ4v) is 1.77. The molecule has 0 aromatic rings. The Morgan fingerprint density at radius 1 is 0.556 bits per heavy atom. The topological polar surface area (TPSA) is 105 Å². The lowest BCUT2D eigenvalue weighted by Crippen LogP contribution is -2.10. The summed E-state index contributed by atoms with van der Waals surface area (Å²) in [6.07, 6.45) is 5.15. The first-order chi connectivity index (χ1) is 13.0. The molecule has 0 aliphatic rings. The summed E-state index contributed by atoms with van der Waals surface area (Å²) in [6.45, 7) is 7.55. The van der Waals surface area contributed by atoms with Crippen molar-refractivity contribution in [2.45, 2.75) is 44.9 Å². The van der Waals surface area contributed by atoms with Gasteiger partial charge in [0.2, 0.25) is 0 Å². The minimum absolute atomic E-state index is 0.137. The molecular formula is C19H28O8. The van der Waals surface area contributed by atoms with Crippen LogP contribution >= 0.6 is 0 Å². The van der Waals surface area contributed by atoms with Crippen LogP contribution in [-0.2, 0) is 38.1 Å². The molecule has 0 saturated carbocycles. The monoisotopic (exact) mass is 384 g/mol. The molecule has 152 valence electrons. The highest BCUT2D eigenvalue weighted by molar-refractivity contribution is 5.81. The van der Waals surface area contributed by atoms with Crippen molar-refractivity contribution in [2.24, 2.45) is 0 Å². The zero-order valence-corrected chi connectivity index (χ0v) is 15.6. The van der Waals surface area contributed by atoms with Gasteiger partial charge < -0.3 is 18.9 Å². The van der Waals surface area contributed by atoms with Crippen LogP contribution in [0.5, 0.6) is 0 Å². The van der Waals surface area contributed by atoms with Gasteiger partial charge in [-0.2, -0.15) is 0 Å². The van der Waals surface area contributed by atoms with E-state index in [0.717, 1.165) is 12.2 Å². The number of carbonyl (C=O) groups is 4. The van der Waals surface area contributed by atoms with Gasteiger partial charge in [-0.15, -0.1) is 0 Å². The maximum atomic E-state index is 11.5. The van der Waals surface area contributed by atoms with Crippen molar-refractivity contribution in [3.8, 4) is 0 Å². The predicted octanol–water partition coefficient (Wildman–Crippen LogP) is 2.26. The van der Waals surface area contributed by atoms with Crippen molar-refractivity contribution >= 4 is 23.9 Å². The molecular weight excluding hydrogens is 356 g/mol. The van der Waals surface area contributed by atoms with E-state index in [0.29, 0.717) is 32.1 Å². The van der Waals surface area contributed by atoms with Crippen LogP contribution in [0.15, 0.2) is 25.3 Å². The molecule has 8 heteroatoms. The van der Waals surface area contributed by atoms with Gasteiger partial charge in [-0.1, -0.05) is 13.2 Å². The molecule has 0 amide bonds. The Hall–Kier alpha value is -2.64. The van der Waals surface area contributed by atoms with E-state index >= 15 is 0 Å². The average molecular weight is 384 g/mol. The summed E-state index contributed by atoms with van der Waals surface area (Å²) in [7, 11) is 0. The standard InChI is InChI=1S/C19H28O8/c1-3-16(20)24-12-5-7-14-26-18(22)10-9-11-19(23)27-15-8-6-13-25-17(21)4-2/h3-4H,1-2,5-15H2. The highest BCUT2D eigenvalue weighted by Gasteiger charge is 2.07. The molecule has 0 unspecified atom stereocenters. The summed E-state index contributed by atoms with van der Waals surface area (Å²) < 4.78 is 19.6. The number of hydrogen-bond acceptors (Lipinski definition) is 8. The SMILES string of the molecule is C=CC(=O)OCCCCOC(=O)CCCC(=O)OCCCCOC(=O)C=C. The lowest BCUT2D eigenvalue weighted by molar-refractivity contribution is -0.146. The van der Waals surface area contributed by atoms with Crippen LogP contribution in [0, 0.1) is 0 Å². The fraction of sp³-hybridized carbons (Fsp3) is 0.579. The minimum Gasteiger partial charge on any atom is -0.466 e. The summed E-state index contributed by atoms with van der Waals surface area (Å²) in [6, 6.07) is 0. The molecule has 27 heavy (non-hydrogen) atoms. The zero-order chi connectivity index (χ0) is 20.3. The number of carbonyl (C=O) groups excluding carboxylic acids is 4. The number of ether oxygens (including phenoxy) is 4. The van der Waals surface area contributed by atoms with Gasteiger partial charge in [-0.05, 0) is 32.1 Å². The molecule has 0 radical (unpaired) electrons. The number of unbranched alkanes of at least 4 members (excludes halogenated alkanes) is 2. The second-order valence-electron chi connectivity index (χ2n) is 5.45. The summed E-state index contributed by atoms with van der Waals surface area (Å²) >= 11 is 0. The summed E-state index contributed by atoms with van der Waals surface area (Å²) in [5.74, 6) is -1.71. The third kappa shape index (κ3) is 16.6. The van der Waals surface area contributed by atoms with Crippen LogP contribution in [0.25, 0.3) is 0 Å². The van der Waals surface area contributed by atoms with E-state index in [1.807, 2.05) is 0 Å². The molecule has 0 heterocycles. The Kier molecular flexibility index (Phi) is 15.2. The maximum absolute atomic E-state index is 11.5. The van der Waals surface area contributed by atoms with Crippen LogP contribution in [0.3, 0.4) is 0 Å². The van der Waals surface area contributed by atoms with Crippen molar-refractivity contribution in [3.63, 3.8) is 0 Å². The normalized spacial score (nSPS) is 9.78. The van der Waals surface area contributed by atoms with E-state index in [-0.39, 0.29) is 51.2 Å². The van der Waals surface area contributed by atoms with E-state index < -0.39 is 11.9 Å². The molecule has 0 spiro atoms. The summed E-state index contributed by atoms with van der Waals surface area (Å²) in [4.78, 5) is 44.6. The molecule has 0 fully saturated rings.